The molecule has 2 atom stereocenters. The molecule has 1 aliphatic rings. The number of likely N-dealkylation sites (tertiary alicyclic amines) is 1. The molecule has 4 nitrogen and oxygen atoms in total. The van der Waals surface area contributed by atoms with Crippen LogP contribution in [0.5, 0.6) is 0 Å². The minimum atomic E-state index is -0.789. The fourth-order valence-corrected chi connectivity index (χ4v) is 3.34. The van der Waals surface area contributed by atoms with Gasteiger partial charge >= 0.3 is 5.97 Å². The maximum Gasteiger partial charge on any atom is 0.308 e. The Hall–Kier alpha value is -1.36. The molecule has 0 aromatic carbocycles. The first-order valence-electron chi connectivity index (χ1n) is 6.62. The third-order valence-corrected chi connectivity index (χ3v) is 4.49. The number of nitrogens with zero attached hydrogens (tertiary/aromatic N) is 1. The fraction of sp³-hybridized carbons (Fsp3) is 0.571. The smallest absolute Gasteiger partial charge is 0.308 e. The summed E-state index contributed by atoms with van der Waals surface area (Å²) in [4.78, 5) is 26.3. The summed E-state index contributed by atoms with van der Waals surface area (Å²) in [6.45, 7) is 2.98. The lowest BCUT2D eigenvalue weighted by atomic mass is 9.96. The van der Waals surface area contributed by atoms with Crippen LogP contribution in [0.2, 0.25) is 0 Å². The van der Waals surface area contributed by atoms with E-state index in [0.717, 1.165) is 12.8 Å². The molecule has 1 N–H and O–H groups in total. The Kier molecular flexibility index (Phi) is 4.58. The number of piperidine rings is 1. The van der Waals surface area contributed by atoms with Gasteiger partial charge in [0, 0.05) is 23.9 Å². The van der Waals surface area contributed by atoms with Crippen molar-refractivity contribution < 1.29 is 14.7 Å². The van der Waals surface area contributed by atoms with E-state index in [2.05, 4.69) is 0 Å². The second-order valence-corrected chi connectivity index (χ2v) is 6.18. The van der Waals surface area contributed by atoms with Crippen LogP contribution >= 0.6 is 11.3 Å². The predicted octanol–water partition coefficient (Wildman–Crippen LogP) is 2.25. The molecule has 1 fully saturated rings. The SMILES string of the molecule is C[C@H](Cc1cccs1)C(=O)N1CCC[C@@H](C(=O)O)C1. The molecular weight excluding hydrogens is 262 g/mol. The van der Waals surface area contributed by atoms with Crippen LogP contribution in [-0.4, -0.2) is 35.0 Å². The number of carbonyl (C=O) groups excluding carboxylic acids is 1. The van der Waals surface area contributed by atoms with Gasteiger partial charge in [-0.3, -0.25) is 9.59 Å². The first-order valence-corrected chi connectivity index (χ1v) is 7.50. The van der Waals surface area contributed by atoms with Crippen molar-refractivity contribution >= 4 is 23.2 Å². The normalized spacial score (nSPS) is 21.1. The van der Waals surface area contributed by atoms with Gasteiger partial charge in [0.05, 0.1) is 5.92 Å². The van der Waals surface area contributed by atoms with Crippen molar-refractivity contribution in [3.05, 3.63) is 22.4 Å². The highest BCUT2D eigenvalue weighted by molar-refractivity contribution is 7.09. The summed E-state index contributed by atoms with van der Waals surface area (Å²) in [7, 11) is 0. The Morgan fingerprint density at radius 3 is 3.00 bits per heavy atom. The second-order valence-electron chi connectivity index (χ2n) is 5.15. The Labute approximate surface area is 117 Å². The molecule has 2 rings (SSSR count). The van der Waals surface area contributed by atoms with Crippen LogP contribution in [0, 0.1) is 11.8 Å². The fourth-order valence-electron chi connectivity index (χ4n) is 2.51. The number of carbonyl (C=O) groups is 2. The molecule has 104 valence electrons. The summed E-state index contributed by atoms with van der Waals surface area (Å²) in [5.74, 6) is -1.18. The number of carboxylic acids is 1. The summed E-state index contributed by atoms with van der Waals surface area (Å²) in [5.41, 5.74) is 0. The molecule has 1 aliphatic heterocycles. The molecule has 1 amide bonds. The van der Waals surface area contributed by atoms with Crippen molar-refractivity contribution in [3.8, 4) is 0 Å². The van der Waals surface area contributed by atoms with E-state index < -0.39 is 11.9 Å². The number of rotatable bonds is 4. The van der Waals surface area contributed by atoms with Crippen molar-refractivity contribution in [1.29, 1.82) is 0 Å². The van der Waals surface area contributed by atoms with Gasteiger partial charge in [-0.1, -0.05) is 13.0 Å². The highest BCUT2D eigenvalue weighted by atomic mass is 32.1. The highest BCUT2D eigenvalue weighted by Crippen LogP contribution is 2.21. The van der Waals surface area contributed by atoms with Gasteiger partial charge in [0.25, 0.3) is 0 Å². The average molecular weight is 281 g/mol. The maximum atomic E-state index is 12.3. The summed E-state index contributed by atoms with van der Waals surface area (Å²) in [5, 5.41) is 11.1. The summed E-state index contributed by atoms with van der Waals surface area (Å²) in [6, 6.07) is 4.02. The van der Waals surface area contributed by atoms with Crippen LogP contribution < -0.4 is 0 Å². The topological polar surface area (TPSA) is 57.6 Å². The van der Waals surface area contributed by atoms with Gasteiger partial charge < -0.3 is 10.0 Å². The molecule has 2 heterocycles. The van der Waals surface area contributed by atoms with Crippen molar-refractivity contribution in [1.82, 2.24) is 4.90 Å². The molecule has 1 aromatic heterocycles. The Morgan fingerprint density at radius 1 is 1.58 bits per heavy atom. The van der Waals surface area contributed by atoms with E-state index in [9.17, 15) is 9.59 Å². The lowest BCUT2D eigenvalue weighted by Gasteiger charge is -2.32. The summed E-state index contributed by atoms with van der Waals surface area (Å²) in [6.07, 6.45) is 2.21. The zero-order chi connectivity index (χ0) is 13.8. The maximum absolute atomic E-state index is 12.3. The third kappa shape index (κ3) is 3.56. The van der Waals surface area contributed by atoms with Crippen LogP contribution in [0.25, 0.3) is 0 Å². The van der Waals surface area contributed by atoms with Gasteiger partial charge in [-0.15, -0.1) is 11.3 Å². The van der Waals surface area contributed by atoms with E-state index in [-0.39, 0.29) is 11.8 Å². The van der Waals surface area contributed by atoms with Crippen molar-refractivity contribution in [2.24, 2.45) is 11.8 Å². The number of thiophene rings is 1. The molecule has 19 heavy (non-hydrogen) atoms. The van der Waals surface area contributed by atoms with Crippen molar-refractivity contribution in [3.63, 3.8) is 0 Å². The van der Waals surface area contributed by atoms with Gasteiger partial charge in [-0.25, -0.2) is 0 Å². The minimum absolute atomic E-state index is 0.0776. The van der Waals surface area contributed by atoms with Gasteiger partial charge in [0.2, 0.25) is 5.91 Å². The number of carboxylic acid groups (broad SMARTS) is 1. The van der Waals surface area contributed by atoms with Crippen LogP contribution in [0.1, 0.15) is 24.6 Å². The van der Waals surface area contributed by atoms with E-state index in [1.165, 1.54) is 4.88 Å². The molecule has 1 aromatic rings. The number of amides is 1. The Bertz CT molecular complexity index is 444. The first-order chi connectivity index (χ1) is 9.08. The highest BCUT2D eigenvalue weighted by Gasteiger charge is 2.30. The molecule has 5 heteroatoms. The van der Waals surface area contributed by atoms with Gasteiger partial charge in [-0.05, 0) is 30.7 Å². The van der Waals surface area contributed by atoms with Gasteiger partial charge in [0.1, 0.15) is 0 Å². The average Bonchev–Trinajstić information content (AvgIpc) is 2.90. The van der Waals surface area contributed by atoms with E-state index >= 15 is 0 Å². The predicted molar refractivity (Wildman–Crippen MR) is 74.1 cm³/mol. The Morgan fingerprint density at radius 2 is 2.37 bits per heavy atom. The number of aliphatic carboxylic acids is 1. The molecule has 1 saturated heterocycles. The molecule has 0 bridgehead atoms. The minimum Gasteiger partial charge on any atom is -0.481 e. The van der Waals surface area contributed by atoms with E-state index in [1.54, 1.807) is 16.2 Å². The summed E-state index contributed by atoms with van der Waals surface area (Å²) >= 11 is 1.66. The second kappa shape index (κ2) is 6.19. The van der Waals surface area contributed by atoms with Crippen LogP contribution in [0.3, 0.4) is 0 Å². The molecule has 0 radical (unpaired) electrons. The molecule has 0 unspecified atom stereocenters. The Balaban J connectivity index is 1.93. The van der Waals surface area contributed by atoms with Gasteiger partial charge in [-0.2, -0.15) is 0 Å². The molecule has 0 saturated carbocycles. The lowest BCUT2D eigenvalue weighted by molar-refractivity contribution is -0.146. The largest absolute Gasteiger partial charge is 0.481 e. The van der Waals surface area contributed by atoms with E-state index in [1.807, 2.05) is 24.4 Å². The lowest BCUT2D eigenvalue weighted by Crippen LogP contribution is -2.44. The van der Waals surface area contributed by atoms with Crippen molar-refractivity contribution in [2.75, 3.05) is 13.1 Å². The third-order valence-electron chi connectivity index (χ3n) is 3.59. The zero-order valence-corrected chi connectivity index (χ0v) is 11.9. The molecule has 0 spiro atoms. The number of hydrogen-bond donors (Lipinski definition) is 1. The molecular formula is C14H19NO3S. The van der Waals surface area contributed by atoms with Crippen LogP contribution in [-0.2, 0) is 16.0 Å². The molecule has 0 aliphatic carbocycles. The quantitative estimate of drug-likeness (QED) is 0.921. The van der Waals surface area contributed by atoms with Crippen LogP contribution in [0.15, 0.2) is 17.5 Å². The van der Waals surface area contributed by atoms with E-state index in [0.29, 0.717) is 19.5 Å². The van der Waals surface area contributed by atoms with Gasteiger partial charge in [0.15, 0.2) is 0 Å². The number of hydrogen-bond acceptors (Lipinski definition) is 3. The van der Waals surface area contributed by atoms with Crippen molar-refractivity contribution in [2.45, 2.75) is 26.2 Å². The zero-order valence-electron chi connectivity index (χ0n) is 11.0. The monoisotopic (exact) mass is 281 g/mol. The standard InChI is InChI=1S/C14H19NO3S/c1-10(8-12-5-3-7-19-12)13(16)15-6-2-4-11(9-15)14(17)18/h3,5,7,10-11H,2,4,6,8-9H2,1H3,(H,17,18)/t10-,11-/m1/s1. The van der Waals surface area contributed by atoms with Crippen LogP contribution in [0.4, 0.5) is 0 Å². The summed E-state index contributed by atoms with van der Waals surface area (Å²) < 4.78 is 0. The first kappa shape index (κ1) is 14.1. The van der Waals surface area contributed by atoms with E-state index in [4.69, 9.17) is 5.11 Å².